The van der Waals surface area contributed by atoms with Gasteiger partial charge in [-0.1, -0.05) is 18.2 Å². The molecule has 0 radical (unpaired) electrons. The Kier molecular flexibility index (Phi) is 2.85. The second-order valence-electron chi connectivity index (χ2n) is 3.67. The van der Waals surface area contributed by atoms with Gasteiger partial charge >= 0.3 is 0 Å². The van der Waals surface area contributed by atoms with Gasteiger partial charge in [-0.25, -0.2) is 0 Å². The van der Waals surface area contributed by atoms with Crippen molar-refractivity contribution in [2.24, 2.45) is 0 Å². The van der Waals surface area contributed by atoms with Crippen molar-refractivity contribution in [3.05, 3.63) is 53.2 Å². The minimum absolute atomic E-state index is 0.381. The summed E-state index contributed by atoms with van der Waals surface area (Å²) in [6.45, 7) is 1.95. The van der Waals surface area contributed by atoms with Crippen molar-refractivity contribution in [2.45, 2.75) is 6.92 Å². The van der Waals surface area contributed by atoms with Crippen LogP contribution in [0.25, 0.3) is 11.3 Å². The predicted octanol–water partition coefficient (Wildman–Crippen LogP) is 2.80. The quantitative estimate of drug-likeness (QED) is 0.740. The first-order chi connectivity index (χ1) is 8.26. The highest BCUT2D eigenvalue weighted by Gasteiger charge is 2.09. The maximum absolute atomic E-state index is 9.12. The lowest BCUT2D eigenvalue weighted by Crippen LogP contribution is -1.91. The third kappa shape index (κ3) is 2.00. The Bertz CT molecular complexity index is 628. The van der Waals surface area contributed by atoms with Crippen molar-refractivity contribution in [1.82, 2.24) is 4.98 Å². The molecular weight excluding hydrogens is 210 g/mol. The second-order valence-corrected chi connectivity index (χ2v) is 3.67. The number of hydrogen-bond acceptors (Lipinski definition) is 3. The molecule has 1 aromatic carbocycles. The van der Waals surface area contributed by atoms with Crippen LogP contribution in [0.3, 0.4) is 0 Å². The predicted molar refractivity (Wildman–Crippen MR) is 63.8 cm³/mol. The van der Waals surface area contributed by atoms with Gasteiger partial charge in [0.25, 0.3) is 0 Å². The molecule has 0 aliphatic carbocycles. The van der Waals surface area contributed by atoms with Crippen LogP contribution in [0.15, 0.2) is 36.5 Å². The molecule has 0 unspecified atom stereocenters. The molecule has 0 atom stereocenters. The fourth-order valence-electron chi connectivity index (χ4n) is 1.61. The molecule has 17 heavy (non-hydrogen) atoms. The number of nitriles is 2. The van der Waals surface area contributed by atoms with Gasteiger partial charge in [-0.3, -0.25) is 4.98 Å². The Morgan fingerprint density at radius 2 is 1.88 bits per heavy atom. The van der Waals surface area contributed by atoms with E-state index in [0.29, 0.717) is 22.4 Å². The van der Waals surface area contributed by atoms with Crippen LogP contribution in [-0.2, 0) is 0 Å². The van der Waals surface area contributed by atoms with Gasteiger partial charge in [-0.15, -0.1) is 0 Å². The number of benzene rings is 1. The molecule has 0 saturated carbocycles. The number of rotatable bonds is 1. The SMILES string of the molecule is Cc1ccc(-c2cccc(C#N)c2C#N)nc1. The van der Waals surface area contributed by atoms with Crippen molar-refractivity contribution in [3.8, 4) is 23.4 Å². The van der Waals surface area contributed by atoms with Crippen LogP contribution in [0.1, 0.15) is 16.7 Å². The van der Waals surface area contributed by atoms with Crippen LogP contribution in [0.5, 0.6) is 0 Å². The lowest BCUT2D eigenvalue weighted by atomic mass is 10.00. The zero-order valence-electron chi connectivity index (χ0n) is 9.31. The molecule has 0 amide bonds. The molecule has 0 fully saturated rings. The van der Waals surface area contributed by atoms with Gasteiger partial charge in [-0.05, 0) is 24.6 Å². The summed E-state index contributed by atoms with van der Waals surface area (Å²) >= 11 is 0. The van der Waals surface area contributed by atoms with Crippen LogP contribution >= 0.6 is 0 Å². The highest BCUT2D eigenvalue weighted by molar-refractivity contribution is 5.71. The molecule has 3 nitrogen and oxygen atoms in total. The smallest absolute Gasteiger partial charge is 0.101 e. The van der Waals surface area contributed by atoms with Crippen molar-refractivity contribution >= 4 is 0 Å². The number of aromatic nitrogens is 1. The second kappa shape index (κ2) is 4.47. The number of aryl methyl sites for hydroxylation is 1. The van der Waals surface area contributed by atoms with Crippen molar-refractivity contribution in [1.29, 1.82) is 10.5 Å². The number of hydrogen-bond donors (Lipinski definition) is 0. The van der Waals surface area contributed by atoms with Gasteiger partial charge < -0.3 is 0 Å². The first kappa shape index (κ1) is 10.9. The number of nitrogens with zero attached hydrogens (tertiary/aromatic N) is 3. The van der Waals surface area contributed by atoms with E-state index in [1.54, 1.807) is 24.4 Å². The molecular formula is C14H9N3. The number of pyridine rings is 1. The van der Waals surface area contributed by atoms with E-state index in [-0.39, 0.29) is 0 Å². The Morgan fingerprint density at radius 1 is 1.06 bits per heavy atom. The van der Waals surface area contributed by atoms with Crippen molar-refractivity contribution < 1.29 is 0 Å². The minimum atomic E-state index is 0.381. The molecule has 3 heteroatoms. The van der Waals surface area contributed by atoms with Gasteiger partial charge in [-0.2, -0.15) is 10.5 Å². The molecule has 2 aromatic rings. The van der Waals surface area contributed by atoms with Crippen LogP contribution in [0.2, 0.25) is 0 Å². The van der Waals surface area contributed by atoms with E-state index in [9.17, 15) is 0 Å². The molecule has 1 aromatic heterocycles. The largest absolute Gasteiger partial charge is 0.256 e. The minimum Gasteiger partial charge on any atom is -0.256 e. The molecule has 0 bridgehead atoms. The molecule has 0 saturated heterocycles. The first-order valence-corrected chi connectivity index (χ1v) is 5.12. The van der Waals surface area contributed by atoms with Crippen LogP contribution in [0, 0.1) is 29.6 Å². The van der Waals surface area contributed by atoms with Gasteiger partial charge in [0.15, 0.2) is 0 Å². The normalized spacial score (nSPS) is 9.35. The average Bonchev–Trinajstić information content (AvgIpc) is 2.38. The third-order valence-electron chi connectivity index (χ3n) is 2.48. The van der Waals surface area contributed by atoms with Crippen molar-refractivity contribution in [2.75, 3.05) is 0 Å². The van der Waals surface area contributed by atoms with E-state index < -0.39 is 0 Å². The van der Waals surface area contributed by atoms with E-state index in [4.69, 9.17) is 10.5 Å². The zero-order valence-corrected chi connectivity index (χ0v) is 9.31. The summed E-state index contributed by atoms with van der Waals surface area (Å²) in [5, 5.41) is 18.1. The maximum Gasteiger partial charge on any atom is 0.101 e. The van der Waals surface area contributed by atoms with E-state index in [1.165, 1.54) is 0 Å². The van der Waals surface area contributed by atoms with Crippen LogP contribution in [0.4, 0.5) is 0 Å². The molecule has 2 rings (SSSR count). The molecule has 0 spiro atoms. The zero-order chi connectivity index (χ0) is 12.3. The lowest BCUT2D eigenvalue weighted by Gasteiger charge is -2.04. The Labute approximate surface area is 99.6 Å². The van der Waals surface area contributed by atoms with Crippen LogP contribution < -0.4 is 0 Å². The Balaban J connectivity index is 2.65. The van der Waals surface area contributed by atoms with Gasteiger partial charge in [0.2, 0.25) is 0 Å². The molecule has 1 heterocycles. The first-order valence-electron chi connectivity index (χ1n) is 5.12. The van der Waals surface area contributed by atoms with E-state index in [1.807, 2.05) is 25.1 Å². The Hall–Kier alpha value is -2.65. The fraction of sp³-hybridized carbons (Fsp3) is 0.0714. The monoisotopic (exact) mass is 219 g/mol. The maximum atomic E-state index is 9.12. The van der Waals surface area contributed by atoms with Crippen molar-refractivity contribution in [3.63, 3.8) is 0 Å². The highest BCUT2D eigenvalue weighted by Crippen LogP contribution is 2.23. The summed E-state index contributed by atoms with van der Waals surface area (Å²) in [4.78, 5) is 4.27. The molecule has 0 aliphatic heterocycles. The summed E-state index contributed by atoms with van der Waals surface area (Å²) in [6.07, 6.45) is 1.75. The summed E-state index contributed by atoms with van der Waals surface area (Å²) < 4.78 is 0. The molecule has 0 aliphatic rings. The van der Waals surface area contributed by atoms with Gasteiger partial charge in [0.1, 0.15) is 12.1 Å². The van der Waals surface area contributed by atoms with Gasteiger partial charge in [0.05, 0.1) is 16.8 Å². The van der Waals surface area contributed by atoms with E-state index in [2.05, 4.69) is 11.1 Å². The summed E-state index contributed by atoms with van der Waals surface area (Å²) in [5.74, 6) is 0. The molecule has 0 N–H and O–H groups in total. The summed E-state index contributed by atoms with van der Waals surface area (Å²) in [6, 6.07) is 13.1. The Morgan fingerprint density at radius 3 is 2.47 bits per heavy atom. The molecule has 80 valence electrons. The van der Waals surface area contributed by atoms with Crippen LogP contribution in [-0.4, -0.2) is 4.98 Å². The fourth-order valence-corrected chi connectivity index (χ4v) is 1.61. The van der Waals surface area contributed by atoms with E-state index in [0.717, 1.165) is 5.56 Å². The van der Waals surface area contributed by atoms with Gasteiger partial charge in [0, 0.05) is 11.8 Å². The summed E-state index contributed by atoms with van der Waals surface area (Å²) in [7, 11) is 0. The topological polar surface area (TPSA) is 60.5 Å². The standard InChI is InChI=1S/C14H9N3/c1-10-5-6-14(17-9-10)12-4-2-3-11(7-15)13(12)8-16/h2-6,9H,1H3. The third-order valence-corrected chi connectivity index (χ3v) is 2.48. The average molecular weight is 219 g/mol. The highest BCUT2D eigenvalue weighted by atomic mass is 14.7. The van der Waals surface area contributed by atoms with E-state index >= 15 is 0 Å². The summed E-state index contributed by atoms with van der Waals surface area (Å²) in [5.41, 5.74) is 3.23. The lowest BCUT2D eigenvalue weighted by molar-refractivity contribution is 1.26.